The maximum absolute atomic E-state index is 6.26. The van der Waals surface area contributed by atoms with Crippen LogP contribution in [-0.4, -0.2) is 22.4 Å². The van der Waals surface area contributed by atoms with Crippen molar-refractivity contribution in [2.45, 2.75) is 19.5 Å². The molecule has 0 aliphatic carbocycles. The number of guanidine groups is 1. The van der Waals surface area contributed by atoms with E-state index in [0.29, 0.717) is 22.5 Å². The molecule has 0 spiro atoms. The average Bonchev–Trinajstić information content (AvgIpc) is 3.12. The number of aromatic nitrogens is 2. The van der Waals surface area contributed by atoms with Gasteiger partial charge in [0, 0.05) is 34.9 Å². The molecule has 1 aromatic carbocycles. The Bertz CT molecular complexity index is 848. The Balaban J connectivity index is 0.00000225. The first-order chi connectivity index (χ1) is 11.6. The van der Waals surface area contributed by atoms with E-state index in [1.54, 1.807) is 24.5 Å². The number of nitrogens with zero attached hydrogens (tertiary/aromatic N) is 3. The molecule has 2 N–H and O–H groups in total. The lowest BCUT2D eigenvalue weighted by atomic mass is 10.1. The summed E-state index contributed by atoms with van der Waals surface area (Å²) in [6.07, 6.45) is 4.00. The highest BCUT2D eigenvalue weighted by molar-refractivity contribution is 14.0. The molecule has 1 atom stereocenters. The summed E-state index contributed by atoms with van der Waals surface area (Å²) in [5, 5.41) is 9.85. The van der Waals surface area contributed by atoms with Gasteiger partial charge in [0.2, 0.25) is 0 Å². The second-order valence-corrected chi connectivity index (χ2v) is 7.00. The molecule has 3 rings (SSSR count). The minimum absolute atomic E-state index is 0. The van der Waals surface area contributed by atoms with E-state index in [2.05, 4.69) is 20.6 Å². The van der Waals surface area contributed by atoms with Crippen LogP contribution >= 0.6 is 58.5 Å². The standard InChI is InChI=1S/C16H17Cl2N5S.HI/c1-10(13-4-3-11(17)7-14(13)18)21-15(19-2)20-8-12-9-23-5-6-24-16(23)22-12;/h3-7,9-10H,8H2,1-2H3,(H2,19,20,21);1H. The lowest BCUT2D eigenvalue weighted by Gasteiger charge is -2.19. The van der Waals surface area contributed by atoms with E-state index >= 15 is 0 Å². The summed E-state index contributed by atoms with van der Waals surface area (Å²) in [7, 11) is 1.73. The summed E-state index contributed by atoms with van der Waals surface area (Å²) < 4.78 is 2.01. The van der Waals surface area contributed by atoms with E-state index in [1.165, 1.54) is 0 Å². The van der Waals surface area contributed by atoms with Crippen molar-refractivity contribution >= 4 is 69.4 Å². The largest absolute Gasteiger partial charge is 0.351 e. The molecular formula is C16H18Cl2IN5S. The van der Waals surface area contributed by atoms with Crippen molar-refractivity contribution in [1.29, 1.82) is 0 Å². The molecule has 0 fully saturated rings. The topological polar surface area (TPSA) is 53.7 Å². The molecule has 3 aromatic rings. The summed E-state index contributed by atoms with van der Waals surface area (Å²) in [6.45, 7) is 2.61. The third-order valence-electron chi connectivity index (χ3n) is 3.59. The third kappa shape index (κ3) is 4.99. The Morgan fingerprint density at radius 1 is 1.40 bits per heavy atom. The first-order valence-electron chi connectivity index (χ1n) is 7.40. The third-order valence-corrected chi connectivity index (χ3v) is 4.92. The van der Waals surface area contributed by atoms with Crippen LogP contribution in [0, 0.1) is 0 Å². The average molecular weight is 510 g/mol. The van der Waals surface area contributed by atoms with Crippen molar-refractivity contribution in [3.05, 3.63) is 57.3 Å². The second-order valence-electron chi connectivity index (χ2n) is 5.28. The number of imidazole rings is 1. The number of thiazole rings is 1. The highest BCUT2D eigenvalue weighted by Gasteiger charge is 2.12. The Labute approximate surface area is 177 Å². The zero-order chi connectivity index (χ0) is 17.1. The lowest BCUT2D eigenvalue weighted by molar-refractivity contribution is 0.683. The lowest BCUT2D eigenvalue weighted by Crippen LogP contribution is -2.38. The Kier molecular flexibility index (Phi) is 7.36. The van der Waals surface area contributed by atoms with Crippen LogP contribution in [0.4, 0.5) is 0 Å². The molecule has 25 heavy (non-hydrogen) atoms. The van der Waals surface area contributed by atoms with Crippen molar-refractivity contribution in [2.75, 3.05) is 7.05 Å². The van der Waals surface area contributed by atoms with Crippen LogP contribution in [-0.2, 0) is 6.54 Å². The zero-order valence-electron chi connectivity index (χ0n) is 13.7. The van der Waals surface area contributed by atoms with Crippen molar-refractivity contribution in [3.63, 3.8) is 0 Å². The van der Waals surface area contributed by atoms with Crippen LogP contribution in [0.25, 0.3) is 4.96 Å². The van der Waals surface area contributed by atoms with Crippen LogP contribution < -0.4 is 10.6 Å². The quantitative estimate of drug-likeness (QED) is 0.303. The SMILES string of the molecule is CN=C(NCc1cn2ccsc2n1)NC(C)c1ccc(Cl)cc1Cl.I. The van der Waals surface area contributed by atoms with E-state index in [4.69, 9.17) is 23.2 Å². The first-order valence-corrected chi connectivity index (χ1v) is 9.03. The molecule has 5 nitrogen and oxygen atoms in total. The molecule has 0 saturated carbocycles. The fraction of sp³-hybridized carbons (Fsp3) is 0.250. The predicted molar refractivity (Wildman–Crippen MR) is 117 cm³/mol. The fourth-order valence-electron chi connectivity index (χ4n) is 2.37. The molecule has 2 aromatic heterocycles. The number of fused-ring (bicyclic) bond motifs is 1. The summed E-state index contributed by atoms with van der Waals surface area (Å²) >= 11 is 13.8. The molecule has 0 amide bonds. The number of rotatable bonds is 4. The molecule has 2 heterocycles. The van der Waals surface area contributed by atoms with Crippen LogP contribution in [0.2, 0.25) is 10.0 Å². The van der Waals surface area contributed by atoms with Crippen molar-refractivity contribution < 1.29 is 0 Å². The Morgan fingerprint density at radius 3 is 2.88 bits per heavy atom. The van der Waals surface area contributed by atoms with Gasteiger partial charge in [-0.3, -0.25) is 9.39 Å². The monoisotopic (exact) mass is 509 g/mol. The van der Waals surface area contributed by atoms with E-state index in [0.717, 1.165) is 16.2 Å². The molecule has 0 radical (unpaired) electrons. The predicted octanol–water partition coefficient (Wildman–Crippen LogP) is 4.75. The van der Waals surface area contributed by atoms with Gasteiger partial charge in [0.1, 0.15) is 0 Å². The molecule has 0 bridgehead atoms. The van der Waals surface area contributed by atoms with Crippen LogP contribution in [0.1, 0.15) is 24.2 Å². The molecule has 9 heteroatoms. The normalized spacial score (nSPS) is 12.7. The summed E-state index contributed by atoms with van der Waals surface area (Å²) in [4.78, 5) is 9.77. The number of benzene rings is 1. The summed E-state index contributed by atoms with van der Waals surface area (Å²) in [5.41, 5.74) is 1.92. The second kappa shape index (κ2) is 9.07. The van der Waals surface area contributed by atoms with Crippen molar-refractivity contribution in [1.82, 2.24) is 20.0 Å². The highest BCUT2D eigenvalue weighted by Crippen LogP contribution is 2.26. The van der Waals surface area contributed by atoms with Gasteiger partial charge in [-0.1, -0.05) is 29.3 Å². The number of halogens is 3. The molecule has 0 saturated heterocycles. The molecule has 0 aliphatic rings. The summed E-state index contributed by atoms with van der Waals surface area (Å²) in [5.74, 6) is 0.685. The van der Waals surface area contributed by atoms with Crippen LogP contribution in [0.5, 0.6) is 0 Å². The Hall–Kier alpha value is -1.03. The van der Waals surface area contributed by atoms with Gasteiger partial charge in [-0.15, -0.1) is 35.3 Å². The molecule has 1 unspecified atom stereocenters. The smallest absolute Gasteiger partial charge is 0.193 e. The van der Waals surface area contributed by atoms with Gasteiger partial charge in [0.25, 0.3) is 0 Å². The van der Waals surface area contributed by atoms with E-state index in [9.17, 15) is 0 Å². The van der Waals surface area contributed by atoms with Gasteiger partial charge < -0.3 is 10.6 Å². The van der Waals surface area contributed by atoms with Gasteiger partial charge in [-0.25, -0.2) is 4.98 Å². The zero-order valence-corrected chi connectivity index (χ0v) is 18.3. The molecule has 134 valence electrons. The van der Waals surface area contributed by atoms with Gasteiger partial charge >= 0.3 is 0 Å². The fourth-order valence-corrected chi connectivity index (χ4v) is 3.66. The minimum atomic E-state index is -0.00791. The maximum Gasteiger partial charge on any atom is 0.193 e. The first kappa shape index (κ1) is 20.3. The Morgan fingerprint density at radius 2 is 2.20 bits per heavy atom. The number of nitrogens with one attached hydrogen (secondary N) is 2. The van der Waals surface area contributed by atoms with Crippen molar-refractivity contribution in [3.8, 4) is 0 Å². The van der Waals surface area contributed by atoms with Crippen LogP contribution in [0.15, 0.2) is 41.0 Å². The van der Waals surface area contributed by atoms with E-state index in [-0.39, 0.29) is 30.0 Å². The number of aliphatic imine (C=N–C) groups is 1. The number of hydrogen-bond acceptors (Lipinski definition) is 3. The van der Waals surface area contributed by atoms with E-state index < -0.39 is 0 Å². The molecule has 0 aliphatic heterocycles. The van der Waals surface area contributed by atoms with Crippen molar-refractivity contribution in [2.24, 2.45) is 4.99 Å². The van der Waals surface area contributed by atoms with Gasteiger partial charge in [-0.05, 0) is 24.6 Å². The highest BCUT2D eigenvalue weighted by atomic mass is 127. The maximum atomic E-state index is 6.26. The van der Waals surface area contributed by atoms with Gasteiger partial charge in [0.05, 0.1) is 18.3 Å². The number of hydrogen-bond donors (Lipinski definition) is 2. The molecular weight excluding hydrogens is 492 g/mol. The van der Waals surface area contributed by atoms with Gasteiger partial charge in [0.15, 0.2) is 10.9 Å². The summed E-state index contributed by atoms with van der Waals surface area (Å²) in [6, 6.07) is 5.48. The van der Waals surface area contributed by atoms with Gasteiger partial charge in [-0.2, -0.15) is 0 Å². The van der Waals surface area contributed by atoms with E-state index in [1.807, 2.05) is 41.2 Å². The van der Waals surface area contributed by atoms with Crippen LogP contribution in [0.3, 0.4) is 0 Å². The minimum Gasteiger partial charge on any atom is -0.351 e.